The standard InChI is InChI=1S/C25H35N3O4S/c1-7-22(25(30)26-8-2)27(16-21-15-10-9-12-18(21)3)23(29)17-28(33(6,31)32)24-19(4)13-11-14-20(24)5/h9-15,22H,7-8,16-17H2,1-6H3,(H,26,30)/t22-/m1/s1. The minimum absolute atomic E-state index is 0.214. The Morgan fingerprint density at radius 2 is 1.52 bits per heavy atom. The molecule has 180 valence electrons. The maximum absolute atomic E-state index is 13.7. The number of nitrogens with zero attached hydrogens (tertiary/aromatic N) is 2. The van der Waals surface area contributed by atoms with E-state index in [0.29, 0.717) is 18.7 Å². The van der Waals surface area contributed by atoms with E-state index in [2.05, 4.69) is 5.32 Å². The van der Waals surface area contributed by atoms with E-state index >= 15 is 0 Å². The molecular formula is C25H35N3O4S. The van der Waals surface area contributed by atoms with Gasteiger partial charge in [-0.15, -0.1) is 0 Å². The first-order chi connectivity index (χ1) is 15.5. The van der Waals surface area contributed by atoms with E-state index in [0.717, 1.165) is 32.8 Å². The molecule has 0 saturated heterocycles. The van der Waals surface area contributed by atoms with E-state index in [-0.39, 0.29) is 19.0 Å². The minimum Gasteiger partial charge on any atom is -0.355 e. The zero-order valence-electron chi connectivity index (χ0n) is 20.4. The summed E-state index contributed by atoms with van der Waals surface area (Å²) in [7, 11) is -3.75. The van der Waals surface area contributed by atoms with E-state index in [9.17, 15) is 18.0 Å². The van der Waals surface area contributed by atoms with Gasteiger partial charge in [-0.1, -0.05) is 49.4 Å². The van der Waals surface area contributed by atoms with Crippen LogP contribution in [0, 0.1) is 20.8 Å². The first-order valence-electron chi connectivity index (χ1n) is 11.2. The second kappa shape index (κ2) is 11.3. The largest absolute Gasteiger partial charge is 0.355 e. The van der Waals surface area contributed by atoms with Crippen molar-refractivity contribution in [3.05, 3.63) is 64.7 Å². The number of anilines is 1. The molecule has 8 heteroatoms. The molecule has 0 spiro atoms. The molecule has 0 saturated carbocycles. The number of nitrogens with one attached hydrogen (secondary N) is 1. The van der Waals surface area contributed by atoms with Crippen molar-refractivity contribution >= 4 is 27.5 Å². The number of hydrogen-bond donors (Lipinski definition) is 1. The second-order valence-corrected chi connectivity index (χ2v) is 10.2. The molecule has 1 atom stereocenters. The number of hydrogen-bond acceptors (Lipinski definition) is 4. The molecule has 2 rings (SSSR count). The van der Waals surface area contributed by atoms with Crippen LogP contribution in [0.3, 0.4) is 0 Å². The quantitative estimate of drug-likeness (QED) is 0.574. The van der Waals surface area contributed by atoms with Gasteiger partial charge in [-0.25, -0.2) is 8.42 Å². The molecule has 2 amide bonds. The highest BCUT2D eigenvalue weighted by Gasteiger charge is 2.32. The third-order valence-electron chi connectivity index (χ3n) is 5.71. The Morgan fingerprint density at radius 1 is 0.939 bits per heavy atom. The average molecular weight is 474 g/mol. The Morgan fingerprint density at radius 3 is 2.03 bits per heavy atom. The number of sulfonamides is 1. The highest BCUT2D eigenvalue weighted by Crippen LogP contribution is 2.27. The summed E-state index contributed by atoms with van der Waals surface area (Å²) in [4.78, 5) is 28.0. The van der Waals surface area contributed by atoms with Gasteiger partial charge in [-0.2, -0.15) is 0 Å². The molecule has 0 aliphatic heterocycles. The lowest BCUT2D eigenvalue weighted by Gasteiger charge is -2.33. The summed E-state index contributed by atoms with van der Waals surface area (Å²) in [6.45, 7) is 9.53. The van der Waals surface area contributed by atoms with Crippen LogP contribution in [-0.4, -0.2) is 50.5 Å². The number of likely N-dealkylation sites (N-methyl/N-ethyl adjacent to an activating group) is 1. The summed E-state index contributed by atoms with van der Waals surface area (Å²) < 4.78 is 26.7. The summed E-state index contributed by atoms with van der Waals surface area (Å²) >= 11 is 0. The smallest absolute Gasteiger partial charge is 0.244 e. The number of carbonyl (C=O) groups is 2. The van der Waals surface area contributed by atoms with Gasteiger partial charge in [0.25, 0.3) is 0 Å². The summed E-state index contributed by atoms with van der Waals surface area (Å²) in [5.74, 6) is -0.677. The Kier molecular flexibility index (Phi) is 9.05. The van der Waals surface area contributed by atoms with Crippen molar-refractivity contribution in [2.24, 2.45) is 0 Å². The number of aryl methyl sites for hydroxylation is 3. The molecule has 0 aliphatic carbocycles. The first-order valence-corrected chi connectivity index (χ1v) is 13.0. The van der Waals surface area contributed by atoms with Gasteiger partial charge in [0.1, 0.15) is 12.6 Å². The van der Waals surface area contributed by atoms with Crippen molar-refractivity contribution in [1.29, 1.82) is 0 Å². The SMILES string of the molecule is CCNC(=O)[C@@H](CC)N(Cc1ccccc1C)C(=O)CN(c1c(C)cccc1C)S(C)(=O)=O. The number of para-hydroxylation sites is 1. The summed E-state index contributed by atoms with van der Waals surface area (Å²) in [6.07, 6.45) is 1.50. The summed E-state index contributed by atoms with van der Waals surface area (Å²) in [6, 6.07) is 12.4. The Hall–Kier alpha value is -2.87. The average Bonchev–Trinajstić information content (AvgIpc) is 2.73. The van der Waals surface area contributed by atoms with Gasteiger partial charge < -0.3 is 10.2 Å². The second-order valence-electron chi connectivity index (χ2n) is 8.28. The molecule has 0 radical (unpaired) electrons. The van der Waals surface area contributed by atoms with Gasteiger partial charge in [0, 0.05) is 13.1 Å². The molecule has 0 aromatic heterocycles. The molecule has 0 aliphatic rings. The summed E-state index contributed by atoms with van der Waals surface area (Å²) in [5.41, 5.74) is 3.92. The van der Waals surface area contributed by atoms with Crippen LogP contribution in [-0.2, 0) is 26.2 Å². The van der Waals surface area contributed by atoms with Crippen LogP contribution < -0.4 is 9.62 Å². The Labute approximate surface area is 197 Å². The van der Waals surface area contributed by atoms with E-state index < -0.39 is 22.0 Å². The van der Waals surface area contributed by atoms with Gasteiger partial charge in [0.15, 0.2) is 0 Å². The molecule has 0 bridgehead atoms. The molecule has 33 heavy (non-hydrogen) atoms. The van der Waals surface area contributed by atoms with Gasteiger partial charge in [-0.05, 0) is 56.4 Å². The lowest BCUT2D eigenvalue weighted by Crippen LogP contribution is -2.52. The fourth-order valence-corrected chi connectivity index (χ4v) is 4.92. The van der Waals surface area contributed by atoms with Crippen LogP contribution in [0.2, 0.25) is 0 Å². The molecular weight excluding hydrogens is 438 g/mol. The van der Waals surface area contributed by atoms with Crippen LogP contribution in [0.25, 0.3) is 0 Å². The zero-order chi connectivity index (χ0) is 24.8. The van der Waals surface area contributed by atoms with Crippen molar-refractivity contribution in [1.82, 2.24) is 10.2 Å². The lowest BCUT2D eigenvalue weighted by molar-refractivity contribution is -0.140. The van der Waals surface area contributed by atoms with Crippen molar-refractivity contribution in [3.8, 4) is 0 Å². The molecule has 2 aromatic carbocycles. The van der Waals surface area contributed by atoms with Crippen LogP contribution in [0.5, 0.6) is 0 Å². The molecule has 1 N–H and O–H groups in total. The monoisotopic (exact) mass is 473 g/mol. The predicted octanol–water partition coefficient (Wildman–Crippen LogP) is 3.32. The van der Waals surface area contributed by atoms with E-state index in [1.54, 1.807) is 0 Å². The highest BCUT2D eigenvalue weighted by molar-refractivity contribution is 7.92. The maximum Gasteiger partial charge on any atom is 0.244 e. The first kappa shape index (κ1) is 26.4. The van der Waals surface area contributed by atoms with E-state index in [1.165, 1.54) is 4.90 Å². The highest BCUT2D eigenvalue weighted by atomic mass is 32.2. The fraction of sp³-hybridized carbons (Fsp3) is 0.440. The topological polar surface area (TPSA) is 86.8 Å². The van der Waals surface area contributed by atoms with Crippen molar-refractivity contribution in [2.45, 2.75) is 53.6 Å². The normalized spacial score (nSPS) is 12.2. The van der Waals surface area contributed by atoms with Crippen LogP contribution in [0.4, 0.5) is 5.69 Å². The molecule has 0 unspecified atom stereocenters. The molecule has 0 fully saturated rings. The Bertz CT molecular complexity index is 1080. The molecule has 7 nitrogen and oxygen atoms in total. The van der Waals surface area contributed by atoms with Crippen LogP contribution in [0.15, 0.2) is 42.5 Å². The van der Waals surface area contributed by atoms with Crippen LogP contribution >= 0.6 is 0 Å². The van der Waals surface area contributed by atoms with Gasteiger partial charge in [0.05, 0.1) is 11.9 Å². The number of carbonyl (C=O) groups excluding carboxylic acids is 2. The lowest BCUT2D eigenvalue weighted by atomic mass is 10.1. The third-order valence-corrected chi connectivity index (χ3v) is 6.82. The van der Waals surface area contributed by atoms with Crippen LogP contribution in [0.1, 0.15) is 42.5 Å². The third kappa shape index (κ3) is 6.57. The zero-order valence-corrected chi connectivity index (χ0v) is 21.2. The Balaban J connectivity index is 2.51. The van der Waals surface area contributed by atoms with Crippen molar-refractivity contribution in [2.75, 3.05) is 23.7 Å². The fourth-order valence-electron chi connectivity index (χ4n) is 3.96. The minimum atomic E-state index is -3.75. The molecule has 0 heterocycles. The van der Waals surface area contributed by atoms with Gasteiger partial charge in [0.2, 0.25) is 21.8 Å². The maximum atomic E-state index is 13.7. The number of rotatable bonds is 10. The van der Waals surface area contributed by atoms with Gasteiger partial charge >= 0.3 is 0 Å². The predicted molar refractivity (Wildman–Crippen MR) is 133 cm³/mol. The number of amides is 2. The summed E-state index contributed by atoms with van der Waals surface area (Å²) in [5, 5.41) is 2.80. The van der Waals surface area contributed by atoms with E-state index in [4.69, 9.17) is 0 Å². The van der Waals surface area contributed by atoms with E-state index in [1.807, 2.05) is 77.1 Å². The van der Waals surface area contributed by atoms with Gasteiger partial charge in [-0.3, -0.25) is 13.9 Å². The number of benzene rings is 2. The molecule has 2 aromatic rings. The van der Waals surface area contributed by atoms with Crippen molar-refractivity contribution < 1.29 is 18.0 Å². The van der Waals surface area contributed by atoms with Crippen molar-refractivity contribution in [3.63, 3.8) is 0 Å².